The monoisotopic (exact) mass is 391 g/mol. The van der Waals surface area contributed by atoms with Crippen LogP contribution in [-0.2, 0) is 4.79 Å². The number of urea groups is 1. The van der Waals surface area contributed by atoms with E-state index < -0.39 is 5.97 Å². The van der Waals surface area contributed by atoms with E-state index in [4.69, 9.17) is 5.11 Å². The van der Waals surface area contributed by atoms with Crippen molar-refractivity contribution in [2.24, 2.45) is 0 Å². The molecule has 0 aromatic heterocycles. The smallest absolute Gasteiger partial charge is 0.315 e. The third kappa shape index (κ3) is 4.60. The fourth-order valence-electron chi connectivity index (χ4n) is 3.38. The number of hydrogen-bond donors (Lipinski definition) is 4. The Kier molecular flexibility index (Phi) is 6.00. The van der Waals surface area contributed by atoms with Crippen LogP contribution in [0.4, 0.5) is 4.79 Å². The Labute approximate surface area is 160 Å². The van der Waals surface area contributed by atoms with Crippen molar-refractivity contribution in [3.8, 4) is 0 Å². The molecule has 0 spiro atoms. The van der Waals surface area contributed by atoms with Crippen molar-refractivity contribution in [2.75, 3.05) is 5.75 Å². The number of imide groups is 1. The second-order valence-corrected chi connectivity index (χ2v) is 7.86. The Morgan fingerprint density at radius 3 is 2.37 bits per heavy atom. The molecule has 4 amide bonds. The molecule has 2 saturated heterocycles. The quantitative estimate of drug-likeness (QED) is 0.341. The molecule has 3 aliphatic rings. The first-order chi connectivity index (χ1) is 13.0. The average Bonchev–Trinajstić information content (AvgIpc) is 3.26. The van der Waals surface area contributed by atoms with Crippen molar-refractivity contribution in [3.05, 3.63) is 35.4 Å². The molecule has 144 valence electrons. The number of nitrogens with one attached hydrogen (secondary N) is 3. The van der Waals surface area contributed by atoms with Crippen molar-refractivity contribution in [1.29, 1.82) is 0 Å². The van der Waals surface area contributed by atoms with Gasteiger partial charge in [-0.25, -0.2) is 4.79 Å². The topological polar surface area (TPSA) is 125 Å². The largest absolute Gasteiger partial charge is 0.481 e. The van der Waals surface area contributed by atoms with Crippen LogP contribution in [0.3, 0.4) is 0 Å². The van der Waals surface area contributed by atoms with Gasteiger partial charge in [-0.1, -0.05) is 18.6 Å². The van der Waals surface area contributed by atoms with Gasteiger partial charge in [0.25, 0.3) is 11.8 Å². The molecule has 9 heteroatoms. The van der Waals surface area contributed by atoms with Gasteiger partial charge in [-0.05, 0) is 25.0 Å². The summed E-state index contributed by atoms with van der Waals surface area (Å²) in [6.45, 7) is 0. The minimum atomic E-state index is -0.729. The van der Waals surface area contributed by atoms with Crippen molar-refractivity contribution in [3.63, 3.8) is 0 Å². The van der Waals surface area contributed by atoms with Crippen LogP contribution < -0.4 is 16.0 Å². The molecule has 1 aromatic rings. The lowest BCUT2D eigenvalue weighted by molar-refractivity contribution is -0.137. The van der Waals surface area contributed by atoms with Gasteiger partial charge in [0.2, 0.25) is 0 Å². The van der Waals surface area contributed by atoms with Gasteiger partial charge >= 0.3 is 12.0 Å². The van der Waals surface area contributed by atoms with Gasteiger partial charge in [-0.15, -0.1) is 0 Å². The zero-order valence-electron chi connectivity index (χ0n) is 14.6. The SMILES string of the molecule is O=C(O)CCCC[C@@H]1SC[C@@H]2NC(=O)N[C@@H]21.O=C1NC(=O)c2ccccc21. The number of thioether (sulfide) groups is 1. The third-order valence-electron chi connectivity index (χ3n) is 4.71. The summed E-state index contributed by atoms with van der Waals surface area (Å²) in [5.41, 5.74) is 0.940. The Hall–Kier alpha value is -2.55. The number of rotatable bonds is 5. The van der Waals surface area contributed by atoms with E-state index in [2.05, 4.69) is 16.0 Å². The second-order valence-electron chi connectivity index (χ2n) is 6.59. The van der Waals surface area contributed by atoms with Crippen LogP contribution in [0.1, 0.15) is 46.4 Å². The highest BCUT2D eigenvalue weighted by Gasteiger charge is 2.42. The molecular weight excluding hydrogens is 370 g/mol. The lowest BCUT2D eigenvalue weighted by Crippen LogP contribution is -2.36. The molecule has 4 N–H and O–H groups in total. The number of unbranched alkanes of at least 4 members (excludes halogenated alkanes) is 1. The Morgan fingerprint density at radius 2 is 1.74 bits per heavy atom. The zero-order chi connectivity index (χ0) is 19.4. The van der Waals surface area contributed by atoms with E-state index in [1.807, 2.05) is 11.8 Å². The molecule has 8 nitrogen and oxygen atoms in total. The Morgan fingerprint density at radius 1 is 1.07 bits per heavy atom. The van der Waals surface area contributed by atoms with Gasteiger partial charge in [-0.2, -0.15) is 11.8 Å². The first-order valence-electron chi connectivity index (χ1n) is 8.81. The molecule has 0 unspecified atom stereocenters. The minimum absolute atomic E-state index is 0.0640. The molecule has 4 rings (SSSR count). The number of aliphatic carboxylic acids is 1. The highest BCUT2D eigenvalue weighted by molar-refractivity contribution is 8.00. The van der Waals surface area contributed by atoms with E-state index in [1.54, 1.807) is 24.3 Å². The summed E-state index contributed by atoms with van der Waals surface area (Å²) in [4.78, 5) is 43.3. The molecule has 0 radical (unpaired) electrons. The molecule has 1 aromatic carbocycles. The van der Waals surface area contributed by atoms with Crippen molar-refractivity contribution >= 4 is 35.6 Å². The molecule has 27 heavy (non-hydrogen) atoms. The van der Waals surface area contributed by atoms with Gasteiger partial charge in [0.05, 0.1) is 23.2 Å². The van der Waals surface area contributed by atoms with Crippen LogP contribution in [0.25, 0.3) is 0 Å². The number of carboxylic acids is 1. The molecule has 0 saturated carbocycles. The van der Waals surface area contributed by atoms with E-state index in [-0.39, 0.29) is 36.3 Å². The van der Waals surface area contributed by atoms with E-state index in [9.17, 15) is 19.2 Å². The van der Waals surface area contributed by atoms with Gasteiger partial charge < -0.3 is 15.7 Å². The normalized spacial score (nSPS) is 24.9. The maximum absolute atomic E-state index is 11.1. The summed E-state index contributed by atoms with van der Waals surface area (Å²) in [6.07, 6.45) is 2.88. The fraction of sp³-hybridized carbons (Fsp3) is 0.444. The number of carbonyl (C=O) groups is 4. The minimum Gasteiger partial charge on any atom is -0.481 e. The second kappa shape index (κ2) is 8.43. The van der Waals surface area contributed by atoms with E-state index >= 15 is 0 Å². The first kappa shape index (κ1) is 19.2. The predicted octanol–water partition coefficient (Wildman–Crippen LogP) is 1.37. The number of carboxylic acid groups (broad SMARTS) is 1. The summed E-state index contributed by atoms with van der Waals surface area (Å²) in [5, 5.41) is 17.0. The Bertz CT molecular complexity index is 736. The van der Waals surface area contributed by atoms with Crippen LogP contribution in [-0.4, -0.2) is 52.0 Å². The maximum Gasteiger partial charge on any atom is 0.315 e. The van der Waals surface area contributed by atoms with E-state index in [0.717, 1.165) is 25.0 Å². The van der Waals surface area contributed by atoms with Gasteiger partial charge in [0, 0.05) is 17.4 Å². The zero-order valence-corrected chi connectivity index (χ0v) is 15.4. The fourth-order valence-corrected chi connectivity index (χ4v) is 4.93. The maximum atomic E-state index is 11.1. The molecule has 3 heterocycles. The lowest BCUT2D eigenvalue weighted by Gasteiger charge is -2.16. The average molecular weight is 391 g/mol. The molecule has 3 aliphatic heterocycles. The number of fused-ring (bicyclic) bond motifs is 2. The van der Waals surface area contributed by atoms with Crippen molar-refractivity contribution < 1.29 is 24.3 Å². The molecule has 0 aliphatic carbocycles. The molecule has 3 atom stereocenters. The lowest BCUT2D eigenvalue weighted by atomic mass is 10.0. The van der Waals surface area contributed by atoms with Crippen LogP contribution in [0.15, 0.2) is 24.3 Å². The summed E-state index contributed by atoms with van der Waals surface area (Å²) in [5.74, 6) is -0.364. The number of hydrogen-bond acceptors (Lipinski definition) is 5. The van der Waals surface area contributed by atoms with Gasteiger partial charge in [-0.3, -0.25) is 19.7 Å². The molecule has 0 bridgehead atoms. The van der Waals surface area contributed by atoms with Crippen LogP contribution in [0, 0.1) is 0 Å². The number of amides is 4. The predicted molar refractivity (Wildman–Crippen MR) is 99.8 cm³/mol. The third-order valence-corrected chi connectivity index (χ3v) is 6.22. The summed E-state index contributed by atoms with van der Waals surface area (Å²) < 4.78 is 0. The van der Waals surface area contributed by atoms with Gasteiger partial charge in [0.15, 0.2) is 0 Å². The molecular formula is C18H21N3O5S. The van der Waals surface area contributed by atoms with Crippen LogP contribution >= 0.6 is 11.8 Å². The summed E-state index contributed by atoms with van der Waals surface area (Å²) >= 11 is 1.87. The van der Waals surface area contributed by atoms with Crippen molar-refractivity contribution in [2.45, 2.75) is 43.0 Å². The van der Waals surface area contributed by atoms with Crippen LogP contribution in [0.5, 0.6) is 0 Å². The van der Waals surface area contributed by atoms with E-state index in [1.165, 1.54) is 0 Å². The highest BCUT2D eigenvalue weighted by Crippen LogP contribution is 2.33. The summed E-state index contributed by atoms with van der Waals surface area (Å²) in [6, 6.07) is 7.18. The Balaban J connectivity index is 0.000000166. The van der Waals surface area contributed by atoms with Gasteiger partial charge in [0.1, 0.15) is 0 Å². The standard InChI is InChI=1S/C10H16N2O3S.C8H5NO2/c13-8(14)4-2-1-3-7-9-6(5-16-7)11-10(15)12-9;10-7-5-3-1-2-4-6(5)8(11)9-7/h6-7,9H,1-5H2,(H,13,14)(H2,11,12,15);1-4H,(H,9,10,11)/t6-,7-,9-;/m0./s1. The number of benzene rings is 1. The van der Waals surface area contributed by atoms with Crippen LogP contribution in [0.2, 0.25) is 0 Å². The molecule has 2 fully saturated rings. The number of carbonyl (C=O) groups excluding carboxylic acids is 3. The van der Waals surface area contributed by atoms with Crippen molar-refractivity contribution in [1.82, 2.24) is 16.0 Å². The summed E-state index contributed by atoms with van der Waals surface area (Å²) in [7, 11) is 0. The highest BCUT2D eigenvalue weighted by atomic mass is 32.2. The van der Waals surface area contributed by atoms with E-state index in [0.29, 0.717) is 16.4 Å². The first-order valence-corrected chi connectivity index (χ1v) is 9.85.